The van der Waals surface area contributed by atoms with E-state index < -0.39 is 5.63 Å². The highest BCUT2D eigenvalue weighted by Gasteiger charge is 2.08. The molecule has 1 aromatic carbocycles. The lowest BCUT2D eigenvalue weighted by molar-refractivity contribution is 0.559. The Kier molecular flexibility index (Phi) is 3.96. The number of thiocarbonyl (C=S) groups is 1. The molecule has 0 spiro atoms. The monoisotopic (exact) mass is 339 g/mol. The van der Waals surface area contributed by atoms with Gasteiger partial charge in [-0.1, -0.05) is 15.9 Å². The van der Waals surface area contributed by atoms with Gasteiger partial charge in [-0.2, -0.15) is 5.10 Å². The van der Waals surface area contributed by atoms with Crippen LogP contribution < -0.4 is 16.8 Å². The molecule has 0 saturated heterocycles. The normalized spacial score (nSPS) is 11.6. The number of hydrazone groups is 1. The second-order valence-electron chi connectivity index (χ2n) is 3.80. The van der Waals surface area contributed by atoms with E-state index in [4.69, 9.17) is 10.2 Å². The molecular weight excluding hydrogens is 330 g/mol. The summed E-state index contributed by atoms with van der Waals surface area (Å²) in [6.45, 7) is 1.67. The van der Waals surface area contributed by atoms with E-state index in [-0.39, 0.29) is 5.11 Å². The van der Waals surface area contributed by atoms with Crippen molar-refractivity contribution in [3.8, 4) is 0 Å². The number of rotatable bonds is 2. The molecule has 2 rings (SSSR count). The zero-order chi connectivity index (χ0) is 14.0. The van der Waals surface area contributed by atoms with Crippen LogP contribution in [0, 0.1) is 0 Å². The molecular formula is C12H10BrN3O2S. The summed E-state index contributed by atoms with van der Waals surface area (Å²) in [4.78, 5) is 11.9. The van der Waals surface area contributed by atoms with Crippen molar-refractivity contribution in [2.24, 2.45) is 10.8 Å². The number of hydrogen-bond donors (Lipinski definition) is 2. The minimum Gasteiger partial charge on any atom is -0.422 e. The van der Waals surface area contributed by atoms with Gasteiger partial charge in [-0.3, -0.25) is 5.43 Å². The van der Waals surface area contributed by atoms with Crippen LogP contribution in [0.5, 0.6) is 0 Å². The summed E-state index contributed by atoms with van der Waals surface area (Å²) in [5.74, 6) is 0. The molecule has 3 N–H and O–H groups in total. The average Bonchev–Trinajstić information content (AvgIpc) is 2.35. The molecule has 19 heavy (non-hydrogen) atoms. The van der Waals surface area contributed by atoms with E-state index >= 15 is 0 Å². The van der Waals surface area contributed by atoms with Gasteiger partial charge in [0.1, 0.15) is 5.58 Å². The fourth-order valence-electron chi connectivity index (χ4n) is 1.55. The number of fused-ring (bicyclic) bond motifs is 1. The van der Waals surface area contributed by atoms with Gasteiger partial charge in [0.25, 0.3) is 0 Å². The first-order valence-corrected chi connectivity index (χ1v) is 6.51. The highest BCUT2D eigenvalue weighted by Crippen LogP contribution is 2.19. The maximum Gasteiger partial charge on any atom is 0.345 e. The Morgan fingerprint density at radius 2 is 2.21 bits per heavy atom. The Hall–Kier alpha value is -1.73. The molecule has 0 unspecified atom stereocenters. The van der Waals surface area contributed by atoms with Crippen LogP contribution in [0.4, 0.5) is 0 Å². The van der Waals surface area contributed by atoms with Gasteiger partial charge in [0.15, 0.2) is 5.11 Å². The predicted octanol–water partition coefficient (Wildman–Crippen LogP) is 2.11. The van der Waals surface area contributed by atoms with Gasteiger partial charge in [-0.05, 0) is 43.4 Å². The maximum atomic E-state index is 11.9. The molecule has 5 nitrogen and oxygen atoms in total. The zero-order valence-corrected chi connectivity index (χ0v) is 12.3. The van der Waals surface area contributed by atoms with Crippen molar-refractivity contribution in [1.82, 2.24) is 5.43 Å². The van der Waals surface area contributed by atoms with Crippen molar-refractivity contribution < 1.29 is 4.42 Å². The molecule has 0 saturated carbocycles. The molecule has 1 heterocycles. The van der Waals surface area contributed by atoms with Crippen LogP contribution in [0.15, 0.2) is 43.1 Å². The van der Waals surface area contributed by atoms with Crippen LogP contribution in [0.25, 0.3) is 11.0 Å². The molecule has 0 aliphatic heterocycles. The van der Waals surface area contributed by atoms with Crippen LogP contribution >= 0.6 is 28.1 Å². The maximum absolute atomic E-state index is 11.9. The van der Waals surface area contributed by atoms with Crippen LogP contribution in [0.1, 0.15) is 12.5 Å². The quantitative estimate of drug-likeness (QED) is 0.379. The number of nitrogens with zero attached hydrogens (tertiary/aromatic N) is 1. The molecule has 0 aliphatic carbocycles. The lowest BCUT2D eigenvalue weighted by Crippen LogP contribution is -2.26. The van der Waals surface area contributed by atoms with Crippen LogP contribution in [-0.2, 0) is 0 Å². The van der Waals surface area contributed by atoms with Crippen molar-refractivity contribution in [3.63, 3.8) is 0 Å². The largest absolute Gasteiger partial charge is 0.422 e. The van der Waals surface area contributed by atoms with Crippen molar-refractivity contribution in [2.45, 2.75) is 6.92 Å². The zero-order valence-electron chi connectivity index (χ0n) is 9.94. The number of nitrogens with two attached hydrogens (primary N) is 1. The summed E-state index contributed by atoms with van der Waals surface area (Å²) in [5, 5.41) is 4.75. The van der Waals surface area contributed by atoms with Crippen molar-refractivity contribution in [1.29, 1.82) is 0 Å². The highest BCUT2D eigenvalue weighted by atomic mass is 79.9. The van der Waals surface area contributed by atoms with E-state index in [0.29, 0.717) is 16.9 Å². The Morgan fingerprint density at radius 1 is 1.47 bits per heavy atom. The van der Waals surface area contributed by atoms with Gasteiger partial charge < -0.3 is 10.2 Å². The fraction of sp³-hybridized carbons (Fsp3) is 0.0833. The first kappa shape index (κ1) is 13.7. The minimum absolute atomic E-state index is 0.0345. The fourth-order valence-corrected chi connectivity index (χ4v) is 1.97. The first-order chi connectivity index (χ1) is 8.97. The molecule has 0 aliphatic rings. The number of benzene rings is 1. The van der Waals surface area contributed by atoms with E-state index in [1.807, 2.05) is 6.07 Å². The van der Waals surface area contributed by atoms with Crippen molar-refractivity contribution in [3.05, 3.63) is 44.7 Å². The van der Waals surface area contributed by atoms with Gasteiger partial charge in [-0.15, -0.1) is 0 Å². The average molecular weight is 340 g/mol. The SMILES string of the molecule is CC(=NNC(N)=S)c1cc2cc(Br)ccc2oc1=O. The third kappa shape index (κ3) is 3.18. The van der Waals surface area contributed by atoms with Crippen LogP contribution in [0.3, 0.4) is 0 Å². The Balaban J connectivity index is 2.54. The van der Waals surface area contributed by atoms with Gasteiger partial charge in [0.2, 0.25) is 0 Å². The summed E-state index contributed by atoms with van der Waals surface area (Å²) in [7, 11) is 0. The van der Waals surface area contributed by atoms with Gasteiger partial charge in [0.05, 0.1) is 11.3 Å². The Labute approximate surface area is 122 Å². The van der Waals surface area contributed by atoms with E-state index in [0.717, 1.165) is 9.86 Å². The third-order valence-corrected chi connectivity index (χ3v) is 3.00. The summed E-state index contributed by atoms with van der Waals surface area (Å²) < 4.78 is 6.13. The summed E-state index contributed by atoms with van der Waals surface area (Å²) in [5.41, 5.74) is 8.58. The molecule has 0 fully saturated rings. The van der Waals surface area contributed by atoms with Crippen LogP contribution in [0.2, 0.25) is 0 Å². The Bertz CT molecular complexity index is 739. The van der Waals surface area contributed by atoms with Crippen molar-refractivity contribution in [2.75, 3.05) is 0 Å². The van der Waals surface area contributed by atoms with E-state index in [1.165, 1.54) is 0 Å². The smallest absolute Gasteiger partial charge is 0.345 e. The van der Waals surface area contributed by atoms with Gasteiger partial charge in [0, 0.05) is 9.86 Å². The number of hydrogen-bond acceptors (Lipinski definition) is 4. The van der Waals surface area contributed by atoms with Crippen molar-refractivity contribution >= 4 is 49.9 Å². The second-order valence-corrected chi connectivity index (χ2v) is 5.16. The Morgan fingerprint density at radius 3 is 2.89 bits per heavy atom. The van der Waals surface area contributed by atoms with Crippen LogP contribution in [-0.4, -0.2) is 10.8 Å². The molecule has 0 atom stereocenters. The molecule has 2 aromatic rings. The number of nitrogens with one attached hydrogen (secondary N) is 1. The molecule has 1 aromatic heterocycles. The highest BCUT2D eigenvalue weighted by molar-refractivity contribution is 9.10. The van der Waals surface area contributed by atoms with E-state index in [2.05, 4.69) is 38.7 Å². The second kappa shape index (κ2) is 5.50. The predicted molar refractivity (Wildman–Crippen MR) is 82.3 cm³/mol. The summed E-state index contributed by atoms with van der Waals surface area (Å²) >= 11 is 8.01. The first-order valence-electron chi connectivity index (χ1n) is 5.31. The molecule has 0 amide bonds. The molecule has 0 radical (unpaired) electrons. The lowest BCUT2D eigenvalue weighted by Gasteiger charge is -2.03. The minimum atomic E-state index is -0.458. The van der Waals surface area contributed by atoms with Gasteiger partial charge >= 0.3 is 5.63 Å². The van der Waals surface area contributed by atoms with E-state index in [9.17, 15) is 4.79 Å². The molecule has 7 heteroatoms. The lowest BCUT2D eigenvalue weighted by atomic mass is 10.1. The summed E-state index contributed by atoms with van der Waals surface area (Å²) in [6, 6.07) is 7.10. The topological polar surface area (TPSA) is 80.6 Å². The molecule has 98 valence electrons. The van der Waals surface area contributed by atoms with E-state index in [1.54, 1.807) is 25.1 Å². The number of halogens is 1. The summed E-state index contributed by atoms with van der Waals surface area (Å²) in [6.07, 6.45) is 0. The molecule has 0 bridgehead atoms. The standard InChI is InChI=1S/C12H10BrN3O2S/c1-6(15-16-12(14)19)9-5-7-4-8(13)2-3-10(7)18-11(9)17/h2-5H,1H3,(H3,14,16,19). The third-order valence-electron chi connectivity index (χ3n) is 2.42. The van der Waals surface area contributed by atoms with Gasteiger partial charge in [-0.25, -0.2) is 4.79 Å².